The lowest BCUT2D eigenvalue weighted by Gasteiger charge is -2.33. The fourth-order valence-corrected chi connectivity index (χ4v) is 4.37. The van der Waals surface area contributed by atoms with Crippen molar-refractivity contribution in [1.82, 2.24) is 10.2 Å². The molecule has 2 aliphatic rings. The third-order valence-corrected chi connectivity index (χ3v) is 6.27. The molecule has 0 aromatic heterocycles. The first kappa shape index (κ1) is 25.5. The maximum Gasteiger partial charge on any atom is 0.409 e. The molecular weight excluding hydrogens is 505 g/mol. The fourth-order valence-electron chi connectivity index (χ4n) is 4.37. The molecule has 31 heavy (non-hydrogen) atoms. The van der Waals surface area contributed by atoms with E-state index in [1.807, 2.05) is 6.92 Å². The van der Waals surface area contributed by atoms with Crippen LogP contribution in [-0.2, 0) is 11.3 Å². The minimum absolute atomic E-state index is 0. The Morgan fingerprint density at radius 1 is 1.16 bits per heavy atom. The van der Waals surface area contributed by atoms with Gasteiger partial charge in [0.15, 0.2) is 5.96 Å². The number of aliphatic imine (C=N–C) groups is 1. The molecule has 8 heteroatoms. The van der Waals surface area contributed by atoms with E-state index >= 15 is 0 Å². The van der Waals surface area contributed by atoms with Gasteiger partial charge in [0.2, 0.25) is 0 Å². The molecule has 1 aliphatic carbocycles. The molecule has 0 radical (unpaired) electrons. The molecule has 0 spiro atoms. The highest BCUT2D eigenvalue weighted by atomic mass is 127. The quantitative estimate of drug-likeness (QED) is 0.321. The molecule has 1 heterocycles. The van der Waals surface area contributed by atoms with Gasteiger partial charge in [-0.15, -0.1) is 24.0 Å². The first-order valence-electron chi connectivity index (χ1n) is 11.4. The first-order chi connectivity index (χ1) is 14.6. The van der Waals surface area contributed by atoms with Crippen LogP contribution < -0.4 is 16.0 Å². The highest BCUT2D eigenvalue weighted by Crippen LogP contribution is 2.26. The molecule has 1 aromatic carbocycles. The Morgan fingerprint density at radius 2 is 1.81 bits per heavy atom. The van der Waals surface area contributed by atoms with E-state index in [-0.39, 0.29) is 36.1 Å². The zero-order valence-electron chi connectivity index (χ0n) is 18.9. The van der Waals surface area contributed by atoms with E-state index in [2.05, 4.69) is 46.5 Å². The average molecular weight is 543 g/mol. The van der Waals surface area contributed by atoms with Crippen LogP contribution in [0.3, 0.4) is 0 Å². The van der Waals surface area contributed by atoms with Crippen molar-refractivity contribution < 1.29 is 9.53 Å². The van der Waals surface area contributed by atoms with E-state index < -0.39 is 0 Å². The summed E-state index contributed by atoms with van der Waals surface area (Å²) in [7, 11) is 2.21. The lowest BCUT2D eigenvalue weighted by Crippen LogP contribution is -2.48. The van der Waals surface area contributed by atoms with Crippen molar-refractivity contribution in [3.63, 3.8) is 0 Å². The molecule has 3 N–H and O–H groups in total. The Labute approximate surface area is 203 Å². The van der Waals surface area contributed by atoms with Crippen molar-refractivity contribution in [1.29, 1.82) is 0 Å². The maximum atomic E-state index is 11.8. The van der Waals surface area contributed by atoms with Crippen molar-refractivity contribution in [2.75, 3.05) is 31.6 Å². The second-order valence-electron chi connectivity index (χ2n) is 8.38. The Hall–Kier alpha value is -1.71. The predicted molar refractivity (Wildman–Crippen MR) is 137 cm³/mol. The number of amides is 1. The van der Waals surface area contributed by atoms with Crippen LogP contribution in [0.1, 0.15) is 57.4 Å². The maximum absolute atomic E-state index is 11.8. The largest absolute Gasteiger partial charge is 0.450 e. The summed E-state index contributed by atoms with van der Waals surface area (Å²) in [4.78, 5) is 20.4. The summed E-state index contributed by atoms with van der Waals surface area (Å²) in [5, 5.41) is 3.29. The normalized spacial score (nSPS) is 18.3. The SMILES string of the molecule is CCOC(=O)N1CCC(NC(N)=NCc2ccc(N(C)C3CCCCC3)cc2)CC1.I. The fraction of sp³-hybridized carbons (Fsp3) is 0.652. The standard InChI is InChI=1S/C23H37N5O2.HI/c1-3-30-23(29)28-15-13-19(14-16-28)26-22(24)25-17-18-9-11-21(12-10-18)27(2)20-7-5-4-6-8-20;/h9-12,19-20H,3-8,13-17H2,1-2H3,(H3,24,25,26);1H. The number of nitrogens with one attached hydrogen (secondary N) is 1. The monoisotopic (exact) mass is 543 g/mol. The summed E-state index contributed by atoms with van der Waals surface area (Å²) in [6.07, 6.45) is 8.12. The van der Waals surface area contributed by atoms with Crippen LogP contribution >= 0.6 is 24.0 Å². The van der Waals surface area contributed by atoms with Crippen LogP contribution in [0.4, 0.5) is 10.5 Å². The van der Waals surface area contributed by atoms with E-state index in [0.717, 1.165) is 18.4 Å². The van der Waals surface area contributed by atoms with Crippen molar-refractivity contribution in [2.24, 2.45) is 10.7 Å². The van der Waals surface area contributed by atoms with Gasteiger partial charge in [-0.2, -0.15) is 0 Å². The molecule has 174 valence electrons. The number of ether oxygens (including phenoxy) is 1. The molecule has 7 nitrogen and oxygen atoms in total. The third kappa shape index (κ3) is 7.73. The first-order valence-corrected chi connectivity index (χ1v) is 11.4. The number of likely N-dealkylation sites (tertiary alicyclic amines) is 1. The van der Waals surface area contributed by atoms with Crippen LogP contribution in [-0.4, -0.2) is 55.8 Å². The van der Waals surface area contributed by atoms with Crippen LogP contribution in [0, 0.1) is 0 Å². The van der Waals surface area contributed by atoms with Gasteiger partial charge in [-0.05, 0) is 50.3 Å². The molecule has 0 unspecified atom stereocenters. The topological polar surface area (TPSA) is 83.2 Å². The van der Waals surface area contributed by atoms with E-state index in [9.17, 15) is 4.79 Å². The second kappa shape index (κ2) is 13.0. The van der Waals surface area contributed by atoms with E-state index in [4.69, 9.17) is 10.5 Å². The molecule has 1 saturated heterocycles. The van der Waals surface area contributed by atoms with Gasteiger partial charge in [-0.1, -0.05) is 31.4 Å². The molecule has 0 bridgehead atoms. The van der Waals surface area contributed by atoms with Gasteiger partial charge < -0.3 is 25.6 Å². The number of nitrogens with two attached hydrogens (primary N) is 1. The van der Waals surface area contributed by atoms with Crippen LogP contribution in [0.5, 0.6) is 0 Å². The molecular formula is C23H38IN5O2. The number of guanidine groups is 1. The van der Waals surface area contributed by atoms with E-state index in [0.29, 0.717) is 38.2 Å². The predicted octanol–water partition coefficient (Wildman–Crippen LogP) is 4.10. The van der Waals surface area contributed by atoms with Crippen LogP contribution in [0.25, 0.3) is 0 Å². The molecule has 0 atom stereocenters. The van der Waals surface area contributed by atoms with Gasteiger partial charge >= 0.3 is 6.09 Å². The summed E-state index contributed by atoms with van der Waals surface area (Å²) < 4.78 is 5.06. The smallest absolute Gasteiger partial charge is 0.409 e. The van der Waals surface area contributed by atoms with Gasteiger partial charge in [0, 0.05) is 37.9 Å². The van der Waals surface area contributed by atoms with Crippen LogP contribution in [0.15, 0.2) is 29.3 Å². The zero-order valence-corrected chi connectivity index (χ0v) is 21.2. The summed E-state index contributed by atoms with van der Waals surface area (Å²) in [6, 6.07) is 9.57. The molecule has 3 rings (SSSR count). The Morgan fingerprint density at radius 3 is 2.42 bits per heavy atom. The van der Waals surface area contributed by atoms with Gasteiger partial charge in [0.25, 0.3) is 0 Å². The summed E-state index contributed by atoms with van der Waals surface area (Å²) in [5.74, 6) is 0.466. The minimum atomic E-state index is -0.227. The molecule has 1 aliphatic heterocycles. The van der Waals surface area contributed by atoms with Gasteiger partial charge in [-0.25, -0.2) is 9.79 Å². The molecule has 1 aromatic rings. The van der Waals surface area contributed by atoms with Gasteiger partial charge in [0.05, 0.1) is 13.2 Å². The Balaban J connectivity index is 0.00000341. The lowest BCUT2D eigenvalue weighted by molar-refractivity contribution is 0.0963. The number of carbonyl (C=O) groups is 1. The van der Waals surface area contributed by atoms with Gasteiger partial charge in [-0.3, -0.25) is 0 Å². The van der Waals surface area contributed by atoms with E-state index in [1.54, 1.807) is 4.90 Å². The van der Waals surface area contributed by atoms with Crippen molar-refractivity contribution in [3.05, 3.63) is 29.8 Å². The number of halogens is 1. The van der Waals surface area contributed by atoms with Crippen molar-refractivity contribution >= 4 is 41.7 Å². The number of nitrogens with zero attached hydrogens (tertiary/aromatic N) is 3. The number of carbonyl (C=O) groups excluding carboxylic acids is 1. The molecule has 1 amide bonds. The van der Waals surface area contributed by atoms with Crippen molar-refractivity contribution in [2.45, 2.75) is 70.5 Å². The molecule has 2 fully saturated rings. The summed E-state index contributed by atoms with van der Waals surface area (Å²) in [6.45, 7) is 4.16. The summed E-state index contributed by atoms with van der Waals surface area (Å²) >= 11 is 0. The third-order valence-electron chi connectivity index (χ3n) is 6.27. The highest BCUT2D eigenvalue weighted by molar-refractivity contribution is 14.0. The zero-order chi connectivity index (χ0) is 21.3. The summed E-state index contributed by atoms with van der Waals surface area (Å²) in [5.41, 5.74) is 8.52. The number of anilines is 1. The molecule has 1 saturated carbocycles. The second-order valence-corrected chi connectivity index (χ2v) is 8.38. The number of hydrogen-bond acceptors (Lipinski definition) is 4. The van der Waals surface area contributed by atoms with Crippen LogP contribution in [0.2, 0.25) is 0 Å². The van der Waals surface area contributed by atoms with Crippen molar-refractivity contribution in [3.8, 4) is 0 Å². The Bertz CT molecular complexity index is 698. The number of rotatable bonds is 6. The Kier molecular flexibility index (Phi) is 10.7. The minimum Gasteiger partial charge on any atom is -0.450 e. The average Bonchev–Trinajstić information content (AvgIpc) is 2.79. The number of piperidine rings is 1. The number of hydrogen-bond donors (Lipinski definition) is 2. The van der Waals surface area contributed by atoms with E-state index in [1.165, 1.54) is 37.8 Å². The van der Waals surface area contributed by atoms with Gasteiger partial charge in [0.1, 0.15) is 0 Å². The number of benzene rings is 1. The lowest BCUT2D eigenvalue weighted by atomic mass is 9.94. The highest BCUT2D eigenvalue weighted by Gasteiger charge is 2.23.